The molecule has 0 aliphatic rings. The van der Waals surface area contributed by atoms with Crippen LogP contribution < -0.4 is 14.4 Å². The van der Waals surface area contributed by atoms with Gasteiger partial charge in [0.15, 0.2) is 0 Å². The molecular weight excluding hydrogens is 502 g/mol. The van der Waals surface area contributed by atoms with E-state index < -0.39 is 16.1 Å². The Hall–Kier alpha value is -2.78. The van der Waals surface area contributed by atoms with E-state index in [-0.39, 0.29) is 37.7 Å². The summed E-state index contributed by atoms with van der Waals surface area (Å²) in [5, 5.41) is 3.43. The molecule has 2 aromatic rings. The average Bonchev–Trinajstić information content (AvgIpc) is 2.84. The van der Waals surface area contributed by atoms with Crippen LogP contribution in [-0.4, -0.2) is 57.6 Å². The van der Waals surface area contributed by atoms with E-state index >= 15 is 0 Å². The zero-order chi connectivity index (χ0) is 26.7. The van der Waals surface area contributed by atoms with Gasteiger partial charge in [0.1, 0.15) is 11.8 Å². The van der Waals surface area contributed by atoms with Gasteiger partial charge < -0.3 is 15.0 Å². The van der Waals surface area contributed by atoms with Gasteiger partial charge in [-0.15, -0.1) is 0 Å². The van der Waals surface area contributed by atoms with Crippen LogP contribution in [0.15, 0.2) is 48.5 Å². The predicted molar refractivity (Wildman–Crippen MR) is 144 cm³/mol. The standard InChI is InChI=1S/C26H36ClN3O5S/c1-5-6-15-28-26(32)20(2)29(19-21-10-7-11-22(27)17-21)25(31)14-9-16-30(36(4,33)34)23-12-8-13-24(18-23)35-3/h7-8,10-13,17-18,20H,5-6,9,14-16,19H2,1-4H3,(H,28,32)/t20-/m0/s1. The summed E-state index contributed by atoms with van der Waals surface area (Å²) in [6.07, 6.45) is 3.28. The number of hydrogen-bond donors (Lipinski definition) is 1. The van der Waals surface area contributed by atoms with Crippen LogP contribution in [0.25, 0.3) is 0 Å². The van der Waals surface area contributed by atoms with E-state index in [0.29, 0.717) is 23.0 Å². The summed E-state index contributed by atoms with van der Waals surface area (Å²) in [7, 11) is -2.07. The largest absolute Gasteiger partial charge is 0.497 e. The van der Waals surface area contributed by atoms with E-state index in [1.165, 1.54) is 16.3 Å². The van der Waals surface area contributed by atoms with Crippen molar-refractivity contribution in [1.82, 2.24) is 10.2 Å². The molecule has 0 saturated carbocycles. The van der Waals surface area contributed by atoms with Crippen molar-refractivity contribution in [3.63, 3.8) is 0 Å². The quantitative estimate of drug-likeness (QED) is 0.364. The van der Waals surface area contributed by atoms with Crippen LogP contribution in [0.4, 0.5) is 5.69 Å². The fourth-order valence-electron chi connectivity index (χ4n) is 3.72. The number of hydrogen-bond acceptors (Lipinski definition) is 5. The number of ether oxygens (including phenoxy) is 1. The molecule has 0 aromatic heterocycles. The van der Waals surface area contributed by atoms with Crippen LogP contribution in [0.3, 0.4) is 0 Å². The number of sulfonamides is 1. The molecule has 0 bridgehead atoms. The van der Waals surface area contributed by atoms with Gasteiger partial charge in [-0.25, -0.2) is 8.42 Å². The molecule has 8 nitrogen and oxygen atoms in total. The summed E-state index contributed by atoms with van der Waals surface area (Å²) >= 11 is 6.12. The zero-order valence-electron chi connectivity index (χ0n) is 21.4. The monoisotopic (exact) mass is 537 g/mol. The van der Waals surface area contributed by atoms with Gasteiger partial charge in [0, 0.05) is 37.1 Å². The highest BCUT2D eigenvalue weighted by atomic mass is 35.5. The SMILES string of the molecule is CCCCNC(=O)[C@H](C)N(Cc1cccc(Cl)c1)C(=O)CCCN(c1cccc(OC)c1)S(C)(=O)=O. The van der Waals surface area contributed by atoms with Gasteiger partial charge in [-0.1, -0.05) is 43.1 Å². The van der Waals surface area contributed by atoms with E-state index in [1.54, 1.807) is 49.4 Å². The second kappa shape index (κ2) is 14.1. The topological polar surface area (TPSA) is 96.0 Å². The van der Waals surface area contributed by atoms with Crippen molar-refractivity contribution in [2.24, 2.45) is 0 Å². The summed E-state index contributed by atoms with van der Waals surface area (Å²) in [6, 6.07) is 13.2. The first-order valence-electron chi connectivity index (χ1n) is 12.0. The highest BCUT2D eigenvalue weighted by molar-refractivity contribution is 7.92. The van der Waals surface area contributed by atoms with Crippen molar-refractivity contribution >= 4 is 39.1 Å². The molecule has 0 aliphatic carbocycles. The fourth-order valence-corrected chi connectivity index (χ4v) is 4.89. The summed E-state index contributed by atoms with van der Waals surface area (Å²) in [5.41, 5.74) is 1.27. The molecule has 198 valence electrons. The summed E-state index contributed by atoms with van der Waals surface area (Å²) in [4.78, 5) is 27.6. The van der Waals surface area contributed by atoms with Crippen LogP contribution in [0.2, 0.25) is 5.02 Å². The third-order valence-electron chi connectivity index (χ3n) is 5.73. The maximum Gasteiger partial charge on any atom is 0.242 e. The number of rotatable bonds is 14. The lowest BCUT2D eigenvalue weighted by molar-refractivity contribution is -0.140. The Balaban J connectivity index is 2.16. The molecule has 2 aromatic carbocycles. The molecule has 0 spiro atoms. The first-order chi connectivity index (χ1) is 17.1. The van der Waals surface area contributed by atoms with Crippen LogP contribution >= 0.6 is 11.6 Å². The number of anilines is 1. The number of nitrogens with one attached hydrogen (secondary N) is 1. The van der Waals surface area contributed by atoms with Crippen LogP contribution in [0, 0.1) is 0 Å². The normalized spacial score (nSPS) is 12.0. The number of amides is 2. The summed E-state index contributed by atoms with van der Waals surface area (Å²) < 4.78 is 31.4. The Morgan fingerprint density at radius 3 is 2.47 bits per heavy atom. The molecule has 0 aliphatic heterocycles. The van der Waals surface area contributed by atoms with Crippen LogP contribution in [-0.2, 0) is 26.2 Å². The third kappa shape index (κ3) is 9.02. The molecule has 1 N–H and O–H groups in total. The van der Waals surface area contributed by atoms with E-state index in [4.69, 9.17) is 16.3 Å². The first kappa shape index (κ1) is 29.5. The smallest absolute Gasteiger partial charge is 0.242 e. The minimum Gasteiger partial charge on any atom is -0.497 e. The number of nitrogens with zero attached hydrogens (tertiary/aromatic N) is 2. The van der Waals surface area contributed by atoms with E-state index in [0.717, 1.165) is 24.7 Å². The van der Waals surface area contributed by atoms with Crippen molar-refractivity contribution in [2.45, 2.75) is 52.1 Å². The number of benzene rings is 2. The Bertz CT molecular complexity index is 1130. The van der Waals surface area contributed by atoms with Gasteiger partial charge in [-0.3, -0.25) is 13.9 Å². The Labute approximate surface area is 219 Å². The molecule has 0 radical (unpaired) electrons. The van der Waals surface area contributed by atoms with Crippen molar-refractivity contribution in [1.29, 1.82) is 0 Å². The lowest BCUT2D eigenvalue weighted by Gasteiger charge is -2.29. The van der Waals surface area contributed by atoms with Crippen LogP contribution in [0.5, 0.6) is 5.75 Å². The van der Waals surface area contributed by atoms with Gasteiger partial charge in [0.05, 0.1) is 19.1 Å². The second-order valence-corrected chi connectivity index (χ2v) is 11.0. The molecule has 1 atom stereocenters. The Morgan fingerprint density at radius 2 is 1.83 bits per heavy atom. The lowest BCUT2D eigenvalue weighted by Crippen LogP contribution is -2.48. The molecular formula is C26H36ClN3O5S. The predicted octanol–water partition coefficient (Wildman–Crippen LogP) is 4.23. The molecule has 36 heavy (non-hydrogen) atoms. The van der Waals surface area contributed by atoms with Gasteiger partial charge in [-0.05, 0) is 49.6 Å². The first-order valence-corrected chi connectivity index (χ1v) is 14.2. The minimum absolute atomic E-state index is 0.0726. The van der Waals surface area contributed by atoms with Crippen molar-refractivity contribution in [3.05, 3.63) is 59.1 Å². The molecule has 0 heterocycles. The number of unbranched alkanes of at least 4 members (excludes halogenated alkanes) is 1. The maximum absolute atomic E-state index is 13.3. The molecule has 2 rings (SSSR count). The fraction of sp³-hybridized carbons (Fsp3) is 0.462. The molecule has 0 saturated heterocycles. The van der Waals surface area contributed by atoms with Gasteiger partial charge in [-0.2, -0.15) is 0 Å². The number of methoxy groups -OCH3 is 1. The average molecular weight is 538 g/mol. The second-order valence-electron chi connectivity index (χ2n) is 8.61. The Kier molecular flexibility index (Phi) is 11.5. The number of halogens is 1. The Morgan fingerprint density at radius 1 is 1.11 bits per heavy atom. The van der Waals surface area contributed by atoms with E-state index in [2.05, 4.69) is 5.32 Å². The highest BCUT2D eigenvalue weighted by Gasteiger charge is 2.26. The van der Waals surface area contributed by atoms with Crippen molar-refractivity contribution < 1.29 is 22.7 Å². The van der Waals surface area contributed by atoms with Gasteiger partial charge >= 0.3 is 0 Å². The maximum atomic E-state index is 13.3. The van der Waals surface area contributed by atoms with E-state index in [1.807, 2.05) is 13.0 Å². The molecule has 10 heteroatoms. The zero-order valence-corrected chi connectivity index (χ0v) is 22.9. The lowest BCUT2D eigenvalue weighted by atomic mass is 10.1. The van der Waals surface area contributed by atoms with Crippen LogP contribution in [0.1, 0.15) is 45.1 Å². The molecule has 2 amide bonds. The van der Waals surface area contributed by atoms with Gasteiger partial charge in [0.2, 0.25) is 21.8 Å². The van der Waals surface area contributed by atoms with Crippen molar-refractivity contribution in [3.8, 4) is 5.75 Å². The van der Waals surface area contributed by atoms with Crippen molar-refractivity contribution in [2.75, 3.05) is 30.8 Å². The minimum atomic E-state index is -3.58. The molecule has 0 fully saturated rings. The van der Waals surface area contributed by atoms with E-state index in [9.17, 15) is 18.0 Å². The summed E-state index contributed by atoms with van der Waals surface area (Å²) in [6.45, 7) is 4.61. The highest BCUT2D eigenvalue weighted by Crippen LogP contribution is 2.24. The van der Waals surface area contributed by atoms with Gasteiger partial charge in [0.25, 0.3) is 0 Å². The number of carbonyl (C=O) groups excluding carboxylic acids is 2. The third-order valence-corrected chi connectivity index (χ3v) is 7.16. The molecule has 0 unspecified atom stereocenters. The summed E-state index contributed by atoms with van der Waals surface area (Å²) in [5.74, 6) is 0.0630. The number of carbonyl (C=O) groups is 2.